The van der Waals surface area contributed by atoms with Crippen molar-refractivity contribution in [2.24, 2.45) is 21.6 Å². The van der Waals surface area contributed by atoms with Crippen LogP contribution in [-0.2, 0) is 16.1 Å². The number of amidine groups is 1. The van der Waals surface area contributed by atoms with Gasteiger partial charge in [-0.05, 0) is 30.2 Å². The summed E-state index contributed by atoms with van der Waals surface area (Å²) in [5.74, 6) is -1.34. The van der Waals surface area contributed by atoms with E-state index in [1.54, 1.807) is 0 Å². The number of ether oxygens (including phenoxy) is 3. The highest BCUT2D eigenvalue weighted by Crippen LogP contribution is 2.82. The van der Waals surface area contributed by atoms with E-state index in [0.29, 0.717) is 12.4 Å². The minimum absolute atomic E-state index is 0.0845. The van der Waals surface area contributed by atoms with Gasteiger partial charge in [0.25, 0.3) is 5.91 Å². The Hall–Kier alpha value is -3.39. The van der Waals surface area contributed by atoms with Crippen molar-refractivity contribution in [3.05, 3.63) is 65.7 Å². The molecule has 0 unspecified atom stereocenters. The van der Waals surface area contributed by atoms with E-state index < -0.39 is 22.7 Å². The van der Waals surface area contributed by atoms with Crippen LogP contribution < -0.4 is 10.5 Å². The normalized spacial score (nSPS) is 35.9. The highest BCUT2D eigenvalue weighted by Gasteiger charge is 2.94. The third kappa shape index (κ3) is 2.16. The van der Waals surface area contributed by atoms with Crippen molar-refractivity contribution in [1.82, 2.24) is 0 Å². The Labute approximate surface area is 174 Å². The molecule has 3 aliphatic rings. The zero-order valence-corrected chi connectivity index (χ0v) is 16.4. The van der Waals surface area contributed by atoms with Crippen LogP contribution >= 0.6 is 0 Å². The van der Waals surface area contributed by atoms with Crippen molar-refractivity contribution in [3.63, 3.8) is 0 Å². The largest absolute Gasteiger partial charge is 0.489 e. The van der Waals surface area contributed by atoms with E-state index in [-0.39, 0.29) is 18.5 Å². The molecule has 0 bridgehead atoms. The van der Waals surface area contributed by atoms with Crippen molar-refractivity contribution in [3.8, 4) is 17.9 Å². The molecule has 5 rings (SSSR count). The summed E-state index contributed by atoms with van der Waals surface area (Å²) in [6, 6.07) is 21.8. The summed E-state index contributed by atoms with van der Waals surface area (Å²) in [6.45, 7) is 2.54. The molecule has 1 spiro atoms. The number of rotatable bonds is 4. The number of nitrogens with two attached hydrogens (primary N) is 1. The molecule has 1 aliphatic carbocycles. The van der Waals surface area contributed by atoms with Crippen LogP contribution in [0.3, 0.4) is 0 Å². The maximum Gasteiger partial charge on any atom is 0.293 e. The average molecular weight is 400 g/mol. The Balaban J connectivity index is 1.50. The molecule has 2 heterocycles. The second-order valence-electron chi connectivity index (χ2n) is 7.94. The van der Waals surface area contributed by atoms with Crippen LogP contribution in [0.4, 0.5) is 0 Å². The van der Waals surface area contributed by atoms with Gasteiger partial charge in [0.2, 0.25) is 0 Å². The van der Waals surface area contributed by atoms with E-state index in [9.17, 15) is 10.5 Å². The zero-order valence-electron chi connectivity index (χ0n) is 16.4. The Bertz CT molecular complexity index is 1120. The van der Waals surface area contributed by atoms with Gasteiger partial charge in [-0.2, -0.15) is 10.5 Å². The first-order chi connectivity index (χ1) is 14.5. The maximum absolute atomic E-state index is 10.2. The second kappa shape index (κ2) is 6.30. The van der Waals surface area contributed by atoms with Gasteiger partial charge < -0.3 is 19.9 Å². The summed E-state index contributed by atoms with van der Waals surface area (Å²) < 4.78 is 17.7. The number of benzene rings is 2. The van der Waals surface area contributed by atoms with Gasteiger partial charge in [0, 0.05) is 5.92 Å². The molecule has 150 valence electrons. The lowest BCUT2D eigenvalue weighted by molar-refractivity contribution is -0.193. The van der Waals surface area contributed by atoms with E-state index in [4.69, 9.17) is 19.9 Å². The highest BCUT2D eigenvalue weighted by atomic mass is 16.8. The Morgan fingerprint density at radius 2 is 1.97 bits per heavy atom. The minimum atomic E-state index is -1.55. The topological polar surface area (TPSA) is 114 Å². The van der Waals surface area contributed by atoms with Gasteiger partial charge >= 0.3 is 0 Å². The molecular weight excluding hydrogens is 380 g/mol. The van der Waals surface area contributed by atoms with E-state index in [1.165, 1.54) is 0 Å². The van der Waals surface area contributed by atoms with Gasteiger partial charge in [0.15, 0.2) is 5.41 Å². The molecule has 2 aromatic rings. The number of aliphatic imine (C=N–C) groups is 1. The summed E-state index contributed by atoms with van der Waals surface area (Å²) in [5, 5.41) is 20.3. The van der Waals surface area contributed by atoms with Crippen LogP contribution in [0, 0.1) is 33.5 Å². The van der Waals surface area contributed by atoms with Crippen LogP contribution in [-0.4, -0.2) is 24.5 Å². The lowest BCUT2D eigenvalue weighted by Crippen LogP contribution is -2.39. The quantitative estimate of drug-likeness (QED) is 0.844. The molecule has 0 aromatic heterocycles. The Morgan fingerprint density at radius 3 is 2.63 bits per heavy atom. The van der Waals surface area contributed by atoms with Crippen LogP contribution in [0.1, 0.15) is 24.0 Å². The molecule has 2 fully saturated rings. The summed E-state index contributed by atoms with van der Waals surface area (Å²) >= 11 is 0. The average Bonchev–Trinajstić information content (AvgIpc) is 3.17. The number of hydrogen-bond acceptors (Lipinski definition) is 7. The predicted molar refractivity (Wildman–Crippen MR) is 107 cm³/mol. The molecule has 1 saturated heterocycles. The maximum atomic E-state index is 10.2. The number of fused-ring (bicyclic) bond motifs is 2. The Kier molecular flexibility index (Phi) is 3.91. The van der Waals surface area contributed by atoms with E-state index in [1.807, 2.05) is 61.5 Å². The van der Waals surface area contributed by atoms with Crippen LogP contribution in [0.25, 0.3) is 0 Å². The fourth-order valence-corrected chi connectivity index (χ4v) is 4.89. The summed E-state index contributed by atoms with van der Waals surface area (Å²) in [5.41, 5.74) is 5.41. The van der Waals surface area contributed by atoms with Gasteiger partial charge in [0.1, 0.15) is 23.6 Å². The lowest BCUT2D eigenvalue weighted by atomic mass is 9.94. The van der Waals surface area contributed by atoms with Crippen molar-refractivity contribution in [2.45, 2.75) is 31.5 Å². The van der Waals surface area contributed by atoms with Crippen molar-refractivity contribution >= 4 is 5.84 Å². The third-order valence-corrected chi connectivity index (χ3v) is 6.24. The summed E-state index contributed by atoms with van der Waals surface area (Å²) in [6.07, 6.45) is -0.247. The lowest BCUT2D eigenvalue weighted by Gasteiger charge is -2.26. The van der Waals surface area contributed by atoms with Gasteiger partial charge in [-0.3, -0.25) is 0 Å². The molecule has 30 heavy (non-hydrogen) atoms. The molecule has 7 nitrogen and oxygen atoms in total. The predicted octanol–water partition coefficient (Wildman–Crippen LogP) is 2.84. The summed E-state index contributed by atoms with van der Waals surface area (Å²) in [4.78, 5) is 4.33. The van der Waals surface area contributed by atoms with Crippen molar-refractivity contribution in [1.29, 1.82) is 10.5 Å². The molecule has 7 heteroatoms. The first-order valence-electron chi connectivity index (χ1n) is 9.80. The van der Waals surface area contributed by atoms with Gasteiger partial charge in [0.05, 0.1) is 24.8 Å². The molecule has 0 radical (unpaired) electrons. The first-order valence-corrected chi connectivity index (χ1v) is 9.80. The molecule has 2 aliphatic heterocycles. The van der Waals surface area contributed by atoms with Crippen LogP contribution in [0.5, 0.6) is 5.75 Å². The number of nitrogens with zero attached hydrogens (tertiary/aromatic N) is 3. The highest BCUT2D eigenvalue weighted by molar-refractivity contribution is 6.00. The van der Waals surface area contributed by atoms with Gasteiger partial charge in [-0.25, -0.2) is 4.99 Å². The number of nitriles is 2. The first kappa shape index (κ1) is 18.6. The molecule has 1 saturated carbocycles. The van der Waals surface area contributed by atoms with Gasteiger partial charge in [-0.1, -0.05) is 42.5 Å². The molecule has 5 atom stereocenters. The van der Waals surface area contributed by atoms with Crippen LogP contribution in [0.15, 0.2) is 59.6 Å². The minimum Gasteiger partial charge on any atom is -0.489 e. The monoisotopic (exact) mass is 400 g/mol. The van der Waals surface area contributed by atoms with Crippen LogP contribution in [0.2, 0.25) is 0 Å². The third-order valence-electron chi connectivity index (χ3n) is 6.24. The SMILES string of the molecule is C[C@@H]1CO[C@]2(N=C(N)[C@@]3(C#N)[C@@H](c4cccc(OCc5ccccc5)c4)[C@@]23C#N)O1. The fourth-order valence-electron chi connectivity index (χ4n) is 4.89. The standard InChI is InChI=1S/C23H20N4O3/c1-15-11-29-23(30-15)22(14-25)19(21(22,13-24)20(26)27-23)17-8-5-9-18(10-17)28-12-16-6-3-2-4-7-16/h2-10,15,19H,11-12H2,1H3,(H2,26,27)/t15-,19-,21-,22-,23+/m1/s1. The van der Waals surface area contributed by atoms with Gasteiger partial charge in [-0.15, -0.1) is 0 Å². The summed E-state index contributed by atoms with van der Waals surface area (Å²) in [7, 11) is 0. The van der Waals surface area contributed by atoms with E-state index >= 15 is 0 Å². The number of hydrogen-bond donors (Lipinski definition) is 1. The smallest absolute Gasteiger partial charge is 0.293 e. The van der Waals surface area contributed by atoms with Crippen molar-refractivity contribution < 1.29 is 14.2 Å². The molecule has 2 aromatic carbocycles. The molecule has 2 N–H and O–H groups in total. The Morgan fingerprint density at radius 1 is 1.17 bits per heavy atom. The molecule has 0 amide bonds. The second-order valence-corrected chi connectivity index (χ2v) is 7.94. The fraction of sp³-hybridized carbons (Fsp3) is 0.348. The van der Waals surface area contributed by atoms with E-state index in [0.717, 1.165) is 11.1 Å². The zero-order chi connectivity index (χ0) is 21.0. The molecular formula is C23H20N4O3. The van der Waals surface area contributed by atoms with E-state index in [2.05, 4.69) is 17.1 Å². The van der Waals surface area contributed by atoms with Crippen molar-refractivity contribution in [2.75, 3.05) is 6.61 Å².